The van der Waals surface area contributed by atoms with Crippen LogP contribution >= 0.6 is 0 Å². The van der Waals surface area contributed by atoms with Gasteiger partial charge in [-0.05, 0) is 49.6 Å². The Balaban J connectivity index is 1.65. The van der Waals surface area contributed by atoms with Crippen molar-refractivity contribution in [2.45, 2.75) is 19.3 Å². The Morgan fingerprint density at radius 1 is 0.960 bits per heavy atom. The third-order valence-corrected chi connectivity index (χ3v) is 4.64. The van der Waals surface area contributed by atoms with Crippen molar-refractivity contribution in [1.82, 2.24) is 9.88 Å². The number of aromatic nitrogens is 1. The van der Waals surface area contributed by atoms with Crippen molar-refractivity contribution in [3.63, 3.8) is 0 Å². The number of anilines is 1. The Bertz CT molecular complexity index is 837. The summed E-state index contributed by atoms with van der Waals surface area (Å²) in [5.41, 5.74) is 1.33. The minimum atomic E-state index is -0.455. The van der Waals surface area contributed by atoms with E-state index in [1.807, 2.05) is 4.90 Å². The van der Waals surface area contributed by atoms with E-state index in [0.717, 1.165) is 37.3 Å². The summed E-state index contributed by atoms with van der Waals surface area (Å²) in [5.74, 6) is -0.921. The number of imide groups is 1. The van der Waals surface area contributed by atoms with E-state index >= 15 is 0 Å². The van der Waals surface area contributed by atoms with Crippen LogP contribution in [0.25, 0.3) is 0 Å². The summed E-state index contributed by atoms with van der Waals surface area (Å²) in [6, 6.07) is 9.91. The number of fused-ring (bicyclic) bond motifs is 1. The summed E-state index contributed by atoms with van der Waals surface area (Å²) >= 11 is 0. The van der Waals surface area contributed by atoms with Crippen molar-refractivity contribution >= 4 is 23.4 Å². The van der Waals surface area contributed by atoms with Crippen LogP contribution in [0, 0.1) is 0 Å². The van der Waals surface area contributed by atoms with Crippen LogP contribution < -0.4 is 4.90 Å². The number of hydrogen-bond acceptors (Lipinski definition) is 4. The SMILES string of the molecule is O=C(c1cccc(N2C(=O)c3cccnc3C2=O)c1)N1CCCCC1. The lowest BCUT2D eigenvalue weighted by Gasteiger charge is -2.27. The number of nitrogens with zero attached hydrogens (tertiary/aromatic N) is 3. The van der Waals surface area contributed by atoms with Gasteiger partial charge in [0.05, 0.1) is 11.3 Å². The molecule has 0 aliphatic carbocycles. The molecule has 3 amide bonds. The summed E-state index contributed by atoms with van der Waals surface area (Å²) in [6.07, 6.45) is 4.65. The molecule has 2 aliphatic heterocycles. The van der Waals surface area contributed by atoms with Crippen LogP contribution in [-0.4, -0.2) is 40.7 Å². The van der Waals surface area contributed by atoms with Gasteiger partial charge in [-0.2, -0.15) is 0 Å². The third-order valence-electron chi connectivity index (χ3n) is 4.64. The zero-order valence-electron chi connectivity index (χ0n) is 13.6. The number of hydrogen-bond donors (Lipinski definition) is 0. The molecule has 25 heavy (non-hydrogen) atoms. The zero-order chi connectivity index (χ0) is 17.4. The second-order valence-corrected chi connectivity index (χ2v) is 6.25. The van der Waals surface area contributed by atoms with Crippen molar-refractivity contribution in [2.24, 2.45) is 0 Å². The van der Waals surface area contributed by atoms with Crippen LogP contribution in [0.3, 0.4) is 0 Å². The second-order valence-electron chi connectivity index (χ2n) is 6.25. The molecule has 1 aromatic heterocycles. The number of amides is 3. The average Bonchev–Trinajstić information content (AvgIpc) is 2.93. The van der Waals surface area contributed by atoms with Crippen LogP contribution in [0.4, 0.5) is 5.69 Å². The standard InChI is InChI=1S/C19H17N3O3/c23-17(21-10-2-1-3-11-21)13-6-4-7-14(12-13)22-18(24)15-8-5-9-20-16(15)19(22)25/h4-9,12H,1-3,10-11H2. The summed E-state index contributed by atoms with van der Waals surface area (Å²) in [7, 11) is 0. The molecule has 126 valence electrons. The number of piperidine rings is 1. The van der Waals surface area contributed by atoms with Gasteiger partial charge in [-0.25, -0.2) is 4.90 Å². The molecule has 0 unspecified atom stereocenters. The Labute approximate surface area is 145 Å². The first-order valence-corrected chi connectivity index (χ1v) is 8.40. The number of pyridine rings is 1. The van der Waals surface area contributed by atoms with Crippen molar-refractivity contribution < 1.29 is 14.4 Å². The molecule has 1 saturated heterocycles. The lowest BCUT2D eigenvalue weighted by molar-refractivity contribution is 0.0723. The predicted octanol–water partition coefficient (Wildman–Crippen LogP) is 2.51. The molecule has 6 nitrogen and oxygen atoms in total. The topological polar surface area (TPSA) is 70.6 Å². The predicted molar refractivity (Wildman–Crippen MR) is 91.6 cm³/mol. The van der Waals surface area contributed by atoms with Crippen LogP contribution in [0.15, 0.2) is 42.6 Å². The minimum absolute atomic E-state index is 0.0590. The maximum absolute atomic E-state index is 12.7. The molecule has 0 radical (unpaired) electrons. The summed E-state index contributed by atoms with van der Waals surface area (Å²) in [6.45, 7) is 1.50. The highest BCUT2D eigenvalue weighted by atomic mass is 16.2. The molecule has 0 atom stereocenters. The second kappa shape index (κ2) is 6.12. The van der Waals surface area contributed by atoms with E-state index in [2.05, 4.69) is 4.98 Å². The van der Waals surface area contributed by atoms with Gasteiger partial charge in [0.25, 0.3) is 17.7 Å². The highest BCUT2D eigenvalue weighted by Gasteiger charge is 2.38. The molecule has 0 spiro atoms. The first-order valence-electron chi connectivity index (χ1n) is 8.40. The highest BCUT2D eigenvalue weighted by Crippen LogP contribution is 2.28. The molecule has 1 aromatic carbocycles. The van der Waals surface area contributed by atoms with Gasteiger partial charge in [-0.1, -0.05) is 6.07 Å². The Morgan fingerprint density at radius 3 is 2.52 bits per heavy atom. The molecular weight excluding hydrogens is 318 g/mol. The average molecular weight is 335 g/mol. The Hall–Kier alpha value is -3.02. The smallest absolute Gasteiger partial charge is 0.284 e. The van der Waals surface area contributed by atoms with Gasteiger partial charge in [0.15, 0.2) is 0 Å². The first kappa shape index (κ1) is 15.5. The number of likely N-dealkylation sites (tertiary alicyclic amines) is 1. The molecule has 0 N–H and O–H groups in total. The fraction of sp³-hybridized carbons (Fsp3) is 0.263. The fourth-order valence-corrected chi connectivity index (χ4v) is 3.36. The molecular formula is C19H17N3O3. The number of carbonyl (C=O) groups is 3. The largest absolute Gasteiger partial charge is 0.339 e. The van der Waals surface area contributed by atoms with Crippen molar-refractivity contribution in [2.75, 3.05) is 18.0 Å². The Kier molecular flexibility index (Phi) is 3.80. The highest BCUT2D eigenvalue weighted by molar-refractivity contribution is 6.33. The third kappa shape index (κ3) is 2.59. The van der Waals surface area contributed by atoms with Crippen molar-refractivity contribution in [3.8, 4) is 0 Å². The maximum Gasteiger partial charge on any atom is 0.284 e. The van der Waals surface area contributed by atoms with E-state index in [4.69, 9.17) is 0 Å². The molecule has 1 fully saturated rings. The number of carbonyl (C=O) groups excluding carboxylic acids is 3. The van der Waals surface area contributed by atoms with Gasteiger partial charge >= 0.3 is 0 Å². The fourth-order valence-electron chi connectivity index (χ4n) is 3.36. The van der Waals surface area contributed by atoms with Gasteiger partial charge in [-0.3, -0.25) is 19.4 Å². The summed E-state index contributed by atoms with van der Waals surface area (Å²) in [4.78, 5) is 44.7. The maximum atomic E-state index is 12.7. The van der Waals surface area contributed by atoms with E-state index < -0.39 is 11.8 Å². The summed E-state index contributed by atoms with van der Waals surface area (Å²) in [5, 5.41) is 0. The van der Waals surface area contributed by atoms with E-state index in [1.165, 1.54) is 6.20 Å². The molecule has 6 heteroatoms. The first-order chi connectivity index (χ1) is 12.2. The molecule has 3 heterocycles. The van der Waals surface area contributed by atoms with Gasteiger partial charge in [0.1, 0.15) is 5.69 Å². The molecule has 2 aliphatic rings. The van der Waals surface area contributed by atoms with Gasteiger partial charge in [-0.15, -0.1) is 0 Å². The van der Waals surface area contributed by atoms with Gasteiger partial charge < -0.3 is 4.90 Å². The van der Waals surface area contributed by atoms with Crippen LogP contribution in [0.5, 0.6) is 0 Å². The molecule has 0 bridgehead atoms. The van der Waals surface area contributed by atoms with Crippen LogP contribution in [-0.2, 0) is 0 Å². The molecule has 4 rings (SSSR count). The molecule has 2 aromatic rings. The zero-order valence-corrected chi connectivity index (χ0v) is 13.6. The monoisotopic (exact) mass is 335 g/mol. The van der Waals surface area contributed by atoms with E-state index in [-0.39, 0.29) is 11.6 Å². The quantitative estimate of drug-likeness (QED) is 0.791. The lowest BCUT2D eigenvalue weighted by atomic mass is 10.1. The van der Waals surface area contributed by atoms with Gasteiger partial charge in [0, 0.05) is 24.8 Å². The number of benzene rings is 1. The van der Waals surface area contributed by atoms with Crippen molar-refractivity contribution in [3.05, 3.63) is 59.4 Å². The minimum Gasteiger partial charge on any atom is -0.339 e. The van der Waals surface area contributed by atoms with Gasteiger partial charge in [0.2, 0.25) is 0 Å². The number of rotatable bonds is 2. The van der Waals surface area contributed by atoms with Crippen LogP contribution in [0.2, 0.25) is 0 Å². The molecule has 0 saturated carbocycles. The normalized spacial score (nSPS) is 17.0. The van der Waals surface area contributed by atoms with Crippen LogP contribution in [0.1, 0.15) is 50.5 Å². The Morgan fingerprint density at radius 2 is 1.76 bits per heavy atom. The lowest BCUT2D eigenvalue weighted by Crippen LogP contribution is -2.36. The van der Waals surface area contributed by atoms with E-state index in [1.54, 1.807) is 36.4 Å². The summed E-state index contributed by atoms with van der Waals surface area (Å²) < 4.78 is 0. The van der Waals surface area contributed by atoms with E-state index in [9.17, 15) is 14.4 Å². The van der Waals surface area contributed by atoms with Crippen molar-refractivity contribution in [1.29, 1.82) is 0 Å². The van der Waals surface area contributed by atoms with E-state index in [0.29, 0.717) is 16.8 Å².